The van der Waals surface area contributed by atoms with Gasteiger partial charge in [-0.3, -0.25) is 14.5 Å². The van der Waals surface area contributed by atoms with E-state index < -0.39 is 0 Å². The number of rotatable bonds is 8. The molecule has 2 aromatic rings. The van der Waals surface area contributed by atoms with Crippen molar-refractivity contribution in [2.45, 2.75) is 26.4 Å². The first-order chi connectivity index (χ1) is 14.1. The number of hydrogen-bond acceptors (Lipinski definition) is 5. The van der Waals surface area contributed by atoms with Gasteiger partial charge in [-0.15, -0.1) is 0 Å². The van der Waals surface area contributed by atoms with Crippen molar-refractivity contribution in [2.75, 3.05) is 31.6 Å². The van der Waals surface area contributed by atoms with E-state index in [4.69, 9.17) is 9.47 Å². The highest BCUT2D eigenvalue weighted by molar-refractivity contribution is 5.92. The lowest BCUT2D eigenvalue weighted by Gasteiger charge is -2.30. The summed E-state index contributed by atoms with van der Waals surface area (Å²) < 4.78 is 10.9. The molecule has 1 aliphatic heterocycles. The van der Waals surface area contributed by atoms with Crippen LogP contribution in [0.3, 0.4) is 0 Å². The number of esters is 1. The van der Waals surface area contributed by atoms with Crippen molar-refractivity contribution in [3.8, 4) is 5.75 Å². The summed E-state index contributed by atoms with van der Waals surface area (Å²) in [4.78, 5) is 26.3. The van der Waals surface area contributed by atoms with E-state index in [9.17, 15) is 9.59 Å². The lowest BCUT2D eigenvalue weighted by molar-refractivity contribution is -0.150. The molecule has 1 aliphatic rings. The molecule has 0 bridgehead atoms. The maximum atomic E-state index is 12.4. The number of nitrogens with one attached hydrogen (secondary N) is 1. The molecule has 1 fully saturated rings. The number of carbonyl (C=O) groups excluding carboxylic acids is 2. The van der Waals surface area contributed by atoms with Crippen LogP contribution in [0.2, 0.25) is 0 Å². The van der Waals surface area contributed by atoms with Gasteiger partial charge in [-0.25, -0.2) is 0 Å². The summed E-state index contributed by atoms with van der Waals surface area (Å²) in [5.74, 6) is 0.355. The molecular formula is C23H28N2O4. The Morgan fingerprint density at radius 1 is 1.10 bits per heavy atom. The monoisotopic (exact) mass is 396 g/mol. The first-order valence-electron chi connectivity index (χ1n) is 10.1. The maximum absolute atomic E-state index is 12.4. The average Bonchev–Trinajstić information content (AvgIpc) is 2.74. The average molecular weight is 396 g/mol. The van der Waals surface area contributed by atoms with Gasteiger partial charge < -0.3 is 14.8 Å². The molecule has 2 aromatic carbocycles. The van der Waals surface area contributed by atoms with Crippen LogP contribution in [0.5, 0.6) is 5.75 Å². The molecule has 1 amide bonds. The second-order valence-corrected chi connectivity index (χ2v) is 7.17. The van der Waals surface area contributed by atoms with Crippen LogP contribution in [-0.4, -0.2) is 43.0 Å². The van der Waals surface area contributed by atoms with Crippen molar-refractivity contribution >= 4 is 17.6 Å². The van der Waals surface area contributed by atoms with Crippen LogP contribution in [0.4, 0.5) is 5.69 Å². The summed E-state index contributed by atoms with van der Waals surface area (Å²) in [6, 6.07) is 17.3. The van der Waals surface area contributed by atoms with E-state index in [1.807, 2.05) is 66.4 Å². The lowest BCUT2D eigenvalue weighted by Crippen LogP contribution is -2.43. The van der Waals surface area contributed by atoms with Gasteiger partial charge in [0.1, 0.15) is 12.4 Å². The topological polar surface area (TPSA) is 67.9 Å². The molecule has 1 N–H and O–H groups in total. The molecule has 1 heterocycles. The second kappa shape index (κ2) is 10.6. The van der Waals surface area contributed by atoms with Crippen LogP contribution >= 0.6 is 0 Å². The number of benzene rings is 2. The summed E-state index contributed by atoms with van der Waals surface area (Å²) >= 11 is 0. The van der Waals surface area contributed by atoms with Crippen molar-refractivity contribution in [2.24, 2.45) is 5.92 Å². The summed E-state index contributed by atoms with van der Waals surface area (Å²) in [6.45, 7) is 4.35. The molecule has 29 heavy (non-hydrogen) atoms. The Morgan fingerprint density at radius 3 is 2.59 bits per heavy atom. The quantitative estimate of drug-likeness (QED) is 0.692. The molecule has 0 aromatic heterocycles. The zero-order valence-corrected chi connectivity index (χ0v) is 16.8. The predicted molar refractivity (Wildman–Crippen MR) is 112 cm³/mol. The third-order valence-corrected chi connectivity index (χ3v) is 4.88. The number of anilines is 1. The molecule has 0 radical (unpaired) electrons. The van der Waals surface area contributed by atoms with Crippen LogP contribution in [-0.2, 0) is 20.9 Å². The molecule has 3 rings (SSSR count). The normalized spacial score (nSPS) is 16.8. The highest BCUT2D eigenvalue weighted by Gasteiger charge is 2.27. The Morgan fingerprint density at radius 2 is 1.86 bits per heavy atom. The van der Waals surface area contributed by atoms with E-state index in [0.29, 0.717) is 19.8 Å². The van der Waals surface area contributed by atoms with Crippen molar-refractivity contribution in [1.82, 2.24) is 4.90 Å². The van der Waals surface area contributed by atoms with Gasteiger partial charge in [0.05, 0.1) is 19.1 Å². The Bertz CT molecular complexity index is 792. The van der Waals surface area contributed by atoms with Gasteiger partial charge in [0.2, 0.25) is 5.91 Å². The minimum atomic E-state index is -0.163. The van der Waals surface area contributed by atoms with E-state index in [1.165, 1.54) is 0 Å². The van der Waals surface area contributed by atoms with Gasteiger partial charge in [-0.1, -0.05) is 30.3 Å². The number of ether oxygens (including phenoxy) is 2. The third kappa shape index (κ3) is 6.61. The zero-order valence-electron chi connectivity index (χ0n) is 16.8. The molecular weight excluding hydrogens is 368 g/mol. The van der Waals surface area contributed by atoms with Crippen molar-refractivity contribution < 1.29 is 19.1 Å². The number of piperidine rings is 1. The smallest absolute Gasteiger partial charge is 0.310 e. The first-order valence-corrected chi connectivity index (χ1v) is 10.1. The van der Waals surface area contributed by atoms with Crippen molar-refractivity contribution in [3.63, 3.8) is 0 Å². The third-order valence-electron chi connectivity index (χ3n) is 4.88. The first kappa shape index (κ1) is 20.9. The van der Waals surface area contributed by atoms with Crippen LogP contribution in [0.15, 0.2) is 54.6 Å². The molecule has 6 heteroatoms. The van der Waals surface area contributed by atoms with Gasteiger partial charge in [0.25, 0.3) is 0 Å². The van der Waals surface area contributed by atoms with E-state index in [1.54, 1.807) is 0 Å². The van der Waals surface area contributed by atoms with Crippen molar-refractivity contribution in [1.29, 1.82) is 0 Å². The Balaban J connectivity index is 1.44. The number of amides is 1. The van der Waals surface area contributed by atoms with Crippen LogP contribution in [0, 0.1) is 5.92 Å². The van der Waals surface area contributed by atoms with E-state index in [-0.39, 0.29) is 24.3 Å². The molecule has 0 aliphatic carbocycles. The van der Waals surface area contributed by atoms with Crippen LogP contribution in [0.25, 0.3) is 0 Å². The molecule has 6 nitrogen and oxygen atoms in total. The summed E-state index contributed by atoms with van der Waals surface area (Å²) in [5, 5.41) is 2.91. The second-order valence-electron chi connectivity index (χ2n) is 7.17. The fourth-order valence-corrected chi connectivity index (χ4v) is 3.43. The van der Waals surface area contributed by atoms with Gasteiger partial charge in [-0.2, -0.15) is 0 Å². The summed E-state index contributed by atoms with van der Waals surface area (Å²) in [5.41, 5.74) is 1.83. The molecule has 0 unspecified atom stereocenters. The van der Waals surface area contributed by atoms with Gasteiger partial charge >= 0.3 is 5.97 Å². The minimum absolute atomic E-state index is 0.0903. The molecule has 154 valence electrons. The molecule has 1 saturated heterocycles. The van der Waals surface area contributed by atoms with Gasteiger partial charge in [0.15, 0.2) is 0 Å². The van der Waals surface area contributed by atoms with Crippen LogP contribution < -0.4 is 10.1 Å². The minimum Gasteiger partial charge on any atom is -0.489 e. The van der Waals surface area contributed by atoms with E-state index in [0.717, 1.165) is 36.4 Å². The Kier molecular flexibility index (Phi) is 7.64. The standard InChI is InChI=1S/C23H28N2O4/c1-2-28-23(27)19-9-6-14-25(15-19)16-22(26)24-20-10-12-21(13-11-20)29-17-18-7-4-3-5-8-18/h3-5,7-8,10-13,19H,2,6,9,14-17H2,1H3,(H,24,26)/t19-/m0/s1. The number of likely N-dealkylation sites (tertiary alicyclic amines) is 1. The van der Waals surface area contributed by atoms with Crippen molar-refractivity contribution in [3.05, 3.63) is 60.2 Å². The number of carbonyl (C=O) groups is 2. The van der Waals surface area contributed by atoms with Gasteiger partial charge in [0, 0.05) is 12.2 Å². The largest absolute Gasteiger partial charge is 0.489 e. The predicted octanol–water partition coefficient (Wildman–Crippen LogP) is 3.48. The van der Waals surface area contributed by atoms with E-state index >= 15 is 0 Å². The fraction of sp³-hybridized carbons (Fsp3) is 0.391. The highest BCUT2D eigenvalue weighted by Crippen LogP contribution is 2.19. The Labute approximate surface area is 171 Å². The summed E-state index contributed by atoms with van der Waals surface area (Å²) in [7, 11) is 0. The lowest BCUT2D eigenvalue weighted by atomic mass is 9.98. The number of nitrogens with zero attached hydrogens (tertiary/aromatic N) is 1. The SMILES string of the molecule is CCOC(=O)[C@H]1CCCN(CC(=O)Nc2ccc(OCc3ccccc3)cc2)C1. The zero-order chi connectivity index (χ0) is 20.5. The van der Waals surface area contributed by atoms with E-state index in [2.05, 4.69) is 5.32 Å². The Hall–Kier alpha value is -2.86. The molecule has 0 saturated carbocycles. The highest BCUT2D eigenvalue weighted by atomic mass is 16.5. The fourth-order valence-electron chi connectivity index (χ4n) is 3.43. The molecule has 1 atom stereocenters. The molecule has 0 spiro atoms. The van der Waals surface area contributed by atoms with Crippen LogP contribution in [0.1, 0.15) is 25.3 Å². The summed E-state index contributed by atoms with van der Waals surface area (Å²) in [6.07, 6.45) is 1.71. The maximum Gasteiger partial charge on any atom is 0.310 e. The van der Waals surface area contributed by atoms with Gasteiger partial charge in [-0.05, 0) is 56.1 Å². The number of hydrogen-bond donors (Lipinski definition) is 1.